The van der Waals surface area contributed by atoms with Gasteiger partial charge in [-0.1, -0.05) is 11.3 Å². The van der Waals surface area contributed by atoms with E-state index in [2.05, 4.69) is 25.0 Å². The molecule has 1 amide bonds. The van der Waals surface area contributed by atoms with Crippen molar-refractivity contribution in [1.29, 1.82) is 0 Å². The van der Waals surface area contributed by atoms with Gasteiger partial charge in [-0.25, -0.2) is 32.5 Å². The Balaban J connectivity index is 1.18. The molecule has 2 aromatic heterocycles. The molecule has 0 radical (unpaired) electrons. The number of nitrogens with zero attached hydrogens (tertiary/aromatic N) is 4. The molecule has 1 aliphatic heterocycles. The molecule has 168 valence electrons. The van der Waals surface area contributed by atoms with Crippen molar-refractivity contribution in [3.05, 3.63) is 66.7 Å². The predicted octanol–water partition coefficient (Wildman–Crippen LogP) is 3.10. The van der Waals surface area contributed by atoms with Crippen LogP contribution in [0.2, 0.25) is 0 Å². The van der Waals surface area contributed by atoms with Crippen molar-refractivity contribution < 1.29 is 17.6 Å². The van der Waals surface area contributed by atoms with Gasteiger partial charge in [0.2, 0.25) is 11.9 Å². The largest absolute Gasteiger partial charge is 0.346 e. The van der Waals surface area contributed by atoms with Crippen molar-refractivity contribution >= 4 is 54.3 Å². The summed E-state index contributed by atoms with van der Waals surface area (Å²) in [7, 11) is -3.84. The molecule has 1 fully saturated rings. The number of hydrogen-bond acceptors (Lipinski definition) is 8. The number of anilines is 3. The fourth-order valence-electron chi connectivity index (χ4n) is 3.31. The summed E-state index contributed by atoms with van der Waals surface area (Å²) in [4.78, 5) is 26.7. The Bertz CT molecular complexity index is 1420. The Labute approximate surface area is 192 Å². The van der Waals surface area contributed by atoms with Crippen LogP contribution in [0.4, 0.5) is 21.2 Å². The van der Waals surface area contributed by atoms with Crippen LogP contribution < -0.4 is 14.9 Å². The van der Waals surface area contributed by atoms with E-state index in [-0.39, 0.29) is 28.5 Å². The molecule has 1 aliphatic rings. The monoisotopic (exact) mass is 484 g/mol. The molecule has 0 unspecified atom stereocenters. The van der Waals surface area contributed by atoms with E-state index in [0.717, 1.165) is 15.3 Å². The molecule has 0 saturated carbocycles. The van der Waals surface area contributed by atoms with E-state index >= 15 is 0 Å². The van der Waals surface area contributed by atoms with E-state index in [1.165, 1.54) is 60.1 Å². The van der Waals surface area contributed by atoms with Crippen LogP contribution in [0, 0.1) is 11.7 Å². The van der Waals surface area contributed by atoms with E-state index in [4.69, 9.17) is 0 Å². The van der Waals surface area contributed by atoms with Crippen LogP contribution in [0.25, 0.3) is 10.2 Å². The highest BCUT2D eigenvalue weighted by atomic mass is 32.2. The third kappa shape index (κ3) is 4.47. The number of carbonyl (C=O) groups excluding carboxylic acids is 1. The molecule has 0 aliphatic carbocycles. The van der Waals surface area contributed by atoms with Crippen LogP contribution in [0.3, 0.4) is 0 Å². The lowest BCUT2D eigenvalue weighted by Crippen LogP contribution is -2.52. The first kappa shape index (κ1) is 21.2. The summed E-state index contributed by atoms with van der Waals surface area (Å²) < 4.78 is 41.3. The van der Waals surface area contributed by atoms with Crippen molar-refractivity contribution in [2.24, 2.45) is 5.92 Å². The number of halogens is 1. The van der Waals surface area contributed by atoms with Crippen LogP contribution in [0.1, 0.15) is 0 Å². The molecule has 33 heavy (non-hydrogen) atoms. The topological polar surface area (TPSA) is 117 Å². The van der Waals surface area contributed by atoms with Crippen molar-refractivity contribution in [1.82, 2.24) is 15.0 Å². The lowest BCUT2D eigenvalue weighted by Gasteiger charge is -2.37. The van der Waals surface area contributed by atoms with Gasteiger partial charge >= 0.3 is 0 Å². The molecule has 9 nitrogen and oxygen atoms in total. The van der Waals surface area contributed by atoms with E-state index in [1.807, 2.05) is 4.90 Å². The second-order valence-electron chi connectivity index (χ2n) is 7.40. The number of nitrogens with one attached hydrogen (secondary N) is 2. The van der Waals surface area contributed by atoms with Gasteiger partial charge in [0, 0.05) is 31.2 Å². The summed E-state index contributed by atoms with van der Waals surface area (Å²) in [5.74, 6) is -0.719. The Hall–Kier alpha value is -3.64. The SMILES string of the molecule is O=C(Nc1ccc(S(=O)(=O)Nc2ncccn2)cc1)C1CN(c2nc3ccc(F)cc3s2)C1. The number of hydrogen-bond donors (Lipinski definition) is 2. The average Bonchev–Trinajstić information content (AvgIpc) is 3.16. The number of amides is 1. The van der Waals surface area contributed by atoms with E-state index < -0.39 is 10.0 Å². The number of rotatable bonds is 6. The minimum absolute atomic E-state index is 0.0232. The maximum atomic E-state index is 13.4. The summed E-state index contributed by atoms with van der Waals surface area (Å²) >= 11 is 1.39. The summed E-state index contributed by atoms with van der Waals surface area (Å²) in [5.41, 5.74) is 1.22. The Morgan fingerprint density at radius 3 is 2.55 bits per heavy atom. The number of aromatic nitrogens is 3. The summed E-state index contributed by atoms with van der Waals surface area (Å²) in [6.07, 6.45) is 2.86. The Morgan fingerprint density at radius 1 is 1.09 bits per heavy atom. The van der Waals surface area contributed by atoms with Crippen LogP contribution in [0.5, 0.6) is 0 Å². The zero-order valence-corrected chi connectivity index (χ0v) is 18.6. The lowest BCUT2D eigenvalue weighted by atomic mass is 10.00. The molecule has 0 spiro atoms. The first-order chi connectivity index (χ1) is 15.9. The fraction of sp³-hybridized carbons (Fsp3) is 0.143. The highest BCUT2D eigenvalue weighted by Gasteiger charge is 2.34. The third-order valence-electron chi connectivity index (χ3n) is 5.09. The van der Waals surface area contributed by atoms with Gasteiger partial charge in [-0.05, 0) is 48.5 Å². The number of fused-ring (bicyclic) bond motifs is 1. The van der Waals surface area contributed by atoms with E-state index in [0.29, 0.717) is 18.8 Å². The molecule has 5 rings (SSSR count). The predicted molar refractivity (Wildman–Crippen MR) is 123 cm³/mol. The summed E-state index contributed by atoms with van der Waals surface area (Å²) in [6, 6.07) is 11.9. The first-order valence-electron chi connectivity index (χ1n) is 9.89. The fourth-order valence-corrected chi connectivity index (χ4v) is 5.28. The number of benzene rings is 2. The quantitative estimate of drug-likeness (QED) is 0.432. The van der Waals surface area contributed by atoms with Crippen LogP contribution >= 0.6 is 11.3 Å². The van der Waals surface area contributed by atoms with Gasteiger partial charge in [0.25, 0.3) is 10.0 Å². The minimum atomic E-state index is -3.84. The molecule has 2 N–H and O–H groups in total. The van der Waals surface area contributed by atoms with E-state index in [1.54, 1.807) is 12.1 Å². The number of sulfonamides is 1. The van der Waals surface area contributed by atoms with E-state index in [9.17, 15) is 17.6 Å². The maximum absolute atomic E-state index is 13.4. The highest BCUT2D eigenvalue weighted by Crippen LogP contribution is 2.33. The third-order valence-corrected chi connectivity index (χ3v) is 7.51. The van der Waals surface area contributed by atoms with Gasteiger partial charge in [-0.2, -0.15) is 0 Å². The maximum Gasteiger partial charge on any atom is 0.264 e. The highest BCUT2D eigenvalue weighted by molar-refractivity contribution is 7.92. The lowest BCUT2D eigenvalue weighted by molar-refractivity contribution is -0.120. The van der Waals surface area contributed by atoms with Crippen LogP contribution in [0.15, 0.2) is 65.8 Å². The number of carbonyl (C=O) groups is 1. The van der Waals surface area contributed by atoms with Gasteiger partial charge in [-0.3, -0.25) is 4.79 Å². The first-order valence-corrected chi connectivity index (χ1v) is 12.2. The molecule has 0 atom stereocenters. The molecule has 2 aromatic carbocycles. The van der Waals surface area contributed by atoms with Crippen LogP contribution in [-0.4, -0.2) is 42.4 Å². The zero-order valence-electron chi connectivity index (χ0n) is 17.0. The Kier molecular flexibility index (Phi) is 5.38. The normalized spacial score (nSPS) is 14.2. The molecule has 3 heterocycles. The molecule has 1 saturated heterocycles. The minimum Gasteiger partial charge on any atom is -0.346 e. The summed E-state index contributed by atoms with van der Waals surface area (Å²) in [5, 5.41) is 3.56. The molecule has 12 heteroatoms. The van der Waals surface area contributed by atoms with Crippen molar-refractivity contribution in [3.8, 4) is 0 Å². The standard InChI is InChI=1S/C21H17FN6O3S2/c22-14-2-7-17-18(10-14)32-21(26-17)28-11-13(12-28)19(29)25-15-3-5-16(6-4-15)33(30,31)27-20-23-8-1-9-24-20/h1-10,13H,11-12H2,(H,25,29)(H,23,24,27). The smallest absolute Gasteiger partial charge is 0.264 e. The number of thiazole rings is 1. The molecule has 0 bridgehead atoms. The van der Waals surface area contributed by atoms with Crippen molar-refractivity contribution in [2.75, 3.05) is 28.0 Å². The zero-order chi connectivity index (χ0) is 23.0. The van der Waals surface area contributed by atoms with Crippen molar-refractivity contribution in [2.45, 2.75) is 4.90 Å². The van der Waals surface area contributed by atoms with Gasteiger partial charge in [0.1, 0.15) is 5.82 Å². The Morgan fingerprint density at radius 2 is 1.82 bits per heavy atom. The molecular weight excluding hydrogens is 467 g/mol. The van der Waals surface area contributed by atoms with Crippen molar-refractivity contribution in [3.63, 3.8) is 0 Å². The van der Waals surface area contributed by atoms with Gasteiger partial charge < -0.3 is 10.2 Å². The van der Waals surface area contributed by atoms with Gasteiger partial charge in [0.15, 0.2) is 5.13 Å². The second-order valence-corrected chi connectivity index (χ2v) is 10.1. The van der Waals surface area contributed by atoms with Gasteiger partial charge in [0.05, 0.1) is 21.0 Å². The van der Waals surface area contributed by atoms with Crippen LogP contribution in [-0.2, 0) is 14.8 Å². The second kappa shape index (κ2) is 8.37. The van der Waals surface area contributed by atoms with Gasteiger partial charge in [-0.15, -0.1) is 0 Å². The molecule has 4 aromatic rings. The summed E-state index contributed by atoms with van der Waals surface area (Å²) in [6.45, 7) is 1.00. The average molecular weight is 485 g/mol. The molecular formula is C21H17FN6O3S2.